The molecule has 0 atom stereocenters. The molecule has 1 N–H and O–H groups in total. The highest BCUT2D eigenvalue weighted by Crippen LogP contribution is 2.30. The summed E-state index contributed by atoms with van der Waals surface area (Å²) in [5.74, 6) is 0.832. The molecule has 3 nitrogen and oxygen atoms in total. The molecule has 1 heterocycles. The summed E-state index contributed by atoms with van der Waals surface area (Å²) in [6, 6.07) is 7.88. The molecule has 0 saturated heterocycles. The van der Waals surface area contributed by atoms with E-state index in [2.05, 4.69) is 16.9 Å². The van der Waals surface area contributed by atoms with Gasteiger partial charge in [-0.2, -0.15) is 0 Å². The Labute approximate surface area is 105 Å². The summed E-state index contributed by atoms with van der Waals surface area (Å²) < 4.78 is 6.01. The van der Waals surface area contributed by atoms with Gasteiger partial charge in [0.25, 0.3) is 0 Å². The fourth-order valence-electron chi connectivity index (χ4n) is 1.85. The Hall–Kier alpha value is -1.68. The molecule has 0 fully saturated rings. The number of benzene rings is 1. The standard InChI is InChI=1S/C13H14N2OS/c1-3-9-12(14-8-15-13(9)17)10-6-4-5-7-11(10)16-2/h4-8H,3H2,1-2H3,(H,14,15,17). The van der Waals surface area contributed by atoms with Crippen LogP contribution in [-0.2, 0) is 6.42 Å². The molecule has 2 rings (SSSR count). The lowest BCUT2D eigenvalue weighted by atomic mass is 10.0. The average molecular weight is 246 g/mol. The van der Waals surface area contributed by atoms with E-state index in [-0.39, 0.29) is 0 Å². The zero-order chi connectivity index (χ0) is 12.3. The average Bonchev–Trinajstić information content (AvgIpc) is 2.38. The van der Waals surface area contributed by atoms with Crippen LogP contribution in [0.1, 0.15) is 12.5 Å². The maximum Gasteiger partial charge on any atom is 0.133 e. The minimum atomic E-state index is 0.646. The second-order valence-electron chi connectivity index (χ2n) is 3.62. The van der Waals surface area contributed by atoms with E-state index < -0.39 is 0 Å². The molecule has 1 aromatic carbocycles. The molecule has 0 amide bonds. The number of nitrogens with one attached hydrogen (secondary N) is 1. The maximum absolute atomic E-state index is 5.36. The van der Waals surface area contributed by atoms with E-state index in [0.29, 0.717) is 4.64 Å². The molecule has 88 valence electrons. The van der Waals surface area contributed by atoms with Crippen LogP contribution < -0.4 is 4.74 Å². The molecular weight excluding hydrogens is 232 g/mol. The molecule has 0 spiro atoms. The van der Waals surface area contributed by atoms with Gasteiger partial charge in [-0.05, 0) is 18.6 Å². The third-order valence-electron chi connectivity index (χ3n) is 2.68. The quantitative estimate of drug-likeness (QED) is 0.844. The summed E-state index contributed by atoms with van der Waals surface area (Å²) in [6.07, 6.45) is 2.47. The van der Waals surface area contributed by atoms with Crippen LogP contribution >= 0.6 is 12.2 Å². The number of nitrogens with zero attached hydrogens (tertiary/aromatic N) is 1. The number of ether oxygens (including phenoxy) is 1. The molecule has 17 heavy (non-hydrogen) atoms. The summed E-state index contributed by atoms with van der Waals surface area (Å²) in [5, 5.41) is 0. The lowest BCUT2D eigenvalue weighted by Crippen LogP contribution is -1.97. The molecule has 0 aliphatic rings. The van der Waals surface area contributed by atoms with E-state index in [1.807, 2.05) is 24.3 Å². The first kappa shape index (κ1) is 11.8. The molecule has 4 heteroatoms. The highest BCUT2D eigenvalue weighted by molar-refractivity contribution is 7.71. The number of hydrogen-bond donors (Lipinski definition) is 1. The van der Waals surface area contributed by atoms with Crippen LogP contribution in [0.3, 0.4) is 0 Å². The van der Waals surface area contributed by atoms with Crippen LogP contribution in [0.5, 0.6) is 5.75 Å². The van der Waals surface area contributed by atoms with Gasteiger partial charge in [-0.25, -0.2) is 4.98 Å². The zero-order valence-electron chi connectivity index (χ0n) is 9.86. The van der Waals surface area contributed by atoms with Crippen molar-refractivity contribution in [3.05, 3.63) is 40.8 Å². The van der Waals surface area contributed by atoms with Crippen molar-refractivity contribution in [1.82, 2.24) is 9.97 Å². The number of H-pyrrole nitrogens is 1. The van der Waals surface area contributed by atoms with Crippen molar-refractivity contribution in [2.24, 2.45) is 0 Å². The first-order valence-electron chi connectivity index (χ1n) is 5.47. The molecule has 0 unspecified atom stereocenters. The van der Waals surface area contributed by atoms with E-state index in [4.69, 9.17) is 17.0 Å². The summed E-state index contributed by atoms with van der Waals surface area (Å²) in [4.78, 5) is 7.27. The van der Waals surface area contributed by atoms with E-state index >= 15 is 0 Å². The Kier molecular flexibility index (Phi) is 3.54. The van der Waals surface area contributed by atoms with E-state index in [1.165, 1.54) is 0 Å². The zero-order valence-corrected chi connectivity index (χ0v) is 10.7. The molecule has 0 saturated carbocycles. The SMILES string of the molecule is CCc1c(-c2ccccc2OC)[nH]cnc1=S. The Bertz CT molecular complexity index is 578. The summed E-state index contributed by atoms with van der Waals surface area (Å²) >= 11 is 5.25. The van der Waals surface area contributed by atoms with Gasteiger partial charge in [-0.15, -0.1) is 0 Å². The van der Waals surface area contributed by atoms with E-state index in [1.54, 1.807) is 13.4 Å². The van der Waals surface area contributed by atoms with Gasteiger partial charge in [-0.3, -0.25) is 0 Å². The lowest BCUT2D eigenvalue weighted by molar-refractivity contribution is 0.416. The van der Waals surface area contributed by atoms with Crippen molar-refractivity contribution < 1.29 is 4.74 Å². The van der Waals surface area contributed by atoms with Crippen molar-refractivity contribution in [2.75, 3.05) is 7.11 Å². The number of rotatable bonds is 3. The first-order chi connectivity index (χ1) is 8.27. The fourth-order valence-corrected chi connectivity index (χ4v) is 2.15. The van der Waals surface area contributed by atoms with Crippen molar-refractivity contribution in [3.63, 3.8) is 0 Å². The van der Waals surface area contributed by atoms with Crippen LogP contribution in [0.15, 0.2) is 30.6 Å². The van der Waals surface area contributed by atoms with Crippen molar-refractivity contribution >= 4 is 12.2 Å². The van der Waals surface area contributed by atoms with Crippen LogP contribution in [0.4, 0.5) is 0 Å². The van der Waals surface area contributed by atoms with Gasteiger partial charge < -0.3 is 9.72 Å². The van der Waals surface area contributed by atoms with Crippen molar-refractivity contribution in [2.45, 2.75) is 13.3 Å². The molecule has 0 aliphatic heterocycles. The monoisotopic (exact) mass is 246 g/mol. The van der Waals surface area contributed by atoms with Crippen LogP contribution in [0, 0.1) is 4.64 Å². The van der Waals surface area contributed by atoms with Crippen molar-refractivity contribution in [3.8, 4) is 17.0 Å². The van der Waals surface area contributed by atoms with Gasteiger partial charge in [0.05, 0.1) is 19.1 Å². The number of aromatic amines is 1. The largest absolute Gasteiger partial charge is 0.496 e. The maximum atomic E-state index is 5.36. The fraction of sp³-hybridized carbons (Fsp3) is 0.231. The second-order valence-corrected chi connectivity index (χ2v) is 4.00. The Morgan fingerprint density at radius 1 is 1.35 bits per heavy atom. The molecule has 2 aromatic rings. The Balaban J connectivity index is 2.68. The topological polar surface area (TPSA) is 37.9 Å². The number of methoxy groups -OCH3 is 1. The predicted molar refractivity (Wildman–Crippen MR) is 70.8 cm³/mol. The normalized spacial score (nSPS) is 10.2. The Morgan fingerprint density at radius 3 is 2.82 bits per heavy atom. The van der Waals surface area contributed by atoms with Crippen LogP contribution in [0.25, 0.3) is 11.3 Å². The highest BCUT2D eigenvalue weighted by atomic mass is 32.1. The van der Waals surface area contributed by atoms with Crippen LogP contribution in [-0.4, -0.2) is 17.1 Å². The summed E-state index contributed by atoms with van der Waals surface area (Å²) in [7, 11) is 1.67. The minimum absolute atomic E-state index is 0.646. The smallest absolute Gasteiger partial charge is 0.133 e. The number of aromatic nitrogens is 2. The predicted octanol–water partition coefficient (Wildman–Crippen LogP) is 3.38. The summed E-state index contributed by atoms with van der Waals surface area (Å²) in [6.45, 7) is 2.07. The molecule has 0 radical (unpaired) electrons. The lowest BCUT2D eigenvalue weighted by Gasteiger charge is -2.11. The van der Waals surface area contributed by atoms with E-state index in [0.717, 1.165) is 29.0 Å². The van der Waals surface area contributed by atoms with Crippen LogP contribution in [0.2, 0.25) is 0 Å². The third-order valence-corrected chi connectivity index (χ3v) is 3.03. The molecule has 1 aromatic heterocycles. The van der Waals surface area contributed by atoms with Gasteiger partial charge in [0.1, 0.15) is 10.4 Å². The molecule has 0 aliphatic carbocycles. The summed E-state index contributed by atoms with van der Waals surface area (Å²) in [5.41, 5.74) is 3.05. The third kappa shape index (κ3) is 2.22. The molecular formula is C13H14N2OS. The number of para-hydroxylation sites is 1. The minimum Gasteiger partial charge on any atom is -0.496 e. The number of hydrogen-bond acceptors (Lipinski definition) is 3. The second kappa shape index (κ2) is 5.10. The molecule has 0 bridgehead atoms. The highest BCUT2D eigenvalue weighted by Gasteiger charge is 2.10. The van der Waals surface area contributed by atoms with Gasteiger partial charge in [0, 0.05) is 11.1 Å². The first-order valence-corrected chi connectivity index (χ1v) is 5.88. The van der Waals surface area contributed by atoms with Crippen molar-refractivity contribution in [1.29, 1.82) is 0 Å². The van der Waals surface area contributed by atoms with Gasteiger partial charge in [0.15, 0.2) is 0 Å². The van der Waals surface area contributed by atoms with E-state index in [9.17, 15) is 0 Å². The van der Waals surface area contributed by atoms with Gasteiger partial charge >= 0.3 is 0 Å². The van der Waals surface area contributed by atoms with Gasteiger partial charge in [0.2, 0.25) is 0 Å². The Morgan fingerprint density at radius 2 is 2.12 bits per heavy atom. The van der Waals surface area contributed by atoms with Gasteiger partial charge in [-0.1, -0.05) is 31.3 Å².